The Bertz CT molecular complexity index is 651. The third-order valence-electron chi connectivity index (χ3n) is 4.55. The number of nitro groups is 1. The van der Waals surface area contributed by atoms with Gasteiger partial charge < -0.3 is 9.47 Å². The van der Waals surface area contributed by atoms with Crippen LogP contribution in [0.5, 0.6) is 11.5 Å². The highest BCUT2D eigenvalue weighted by atomic mass is 19.4. The number of benzene rings is 1. The summed E-state index contributed by atoms with van der Waals surface area (Å²) in [6.07, 6.45) is -7.32. The molecule has 1 saturated heterocycles. The van der Waals surface area contributed by atoms with E-state index in [4.69, 9.17) is 9.47 Å². The van der Waals surface area contributed by atoms with Gasteiger partial charge in [0.05, 0.1) is 19.6 Å². The summed E-state index contributed by atoms with van der Waals surface area (Å²) >= 11 is 0. The van der Waals surface area contributed by atoms with Crippen molar-refractivity contribution in [2.75, 3.05) is 27.2 Å². The number of hydrogen-bond acceptors (Lipinski definition) is 5. The largest absolute Gasteiger partial charge is 0.497 e. The molecule has 2 heterocycles. The van der Waals surface area contributed by atoms with E-state index in [0.29, 0.717) is 11.3 Å². The molecule has 0 saturated carbocycles. The van der Waals surface area contributed by atoms with Crippen molar-refractivity contribution in [2.45, 2.75) is 23.7 Å². The first kappa shape index (κ1) is 15.9. The van der Waals surface area contributed by atoms with Gasteiger partial charge in [-0.3, -0.25) is 15.0 Å². The normalized spacial score (nSPS) is 30.3. The molecule has 1 aromatic rings. The first-order valence-electron chi connectivity index (χ1n) is 6.94. The molecule has 6 nitrogen and oxygen atoms in total. The van der Waals surface area contributed by atoms with E-state index in [1.807, 2.05) is 0 Å². The van der Waals surface area contributed by atoms with E-state index in [0.717, 1.165) is 0 Å². The van der Waals surface area contributed by atoms with Crippen LogP contribution in [0.1, 0.15) is 11.5 Å². The molecule has 23 heavy (non-hydrogen) atoms. The van der Waals surface area contributed by atoms with E-state index >= 15 is 0 Å². The lowest BCUT2D eigenvalue weighted by Gasteiger charge is -2.39. The number of hydrogen-bond donors (Lipinski definition) is 0. The highest BCUT2D eigenvalue weighted by molar-refractivity contribution is 5.47. The minimum absolute atomic E-state index is 0.0194. The molecule has 0 aliphatic carbocycles. The van der Waals surface area contributed by atoms with E-state index in [9.17, 15) is 23.3 Å². The smallest absolute Gasteiger partial charge is 0.432 e. The minimum atomic E-state index is -4.84. The fourth-order valence-electron chi connectivity index (χ4n) is 3.60. The van der Waals surface area contributed by atoms with Crippen LogP contribution in [0, 0.1) is 10.1 Å². The molecule has 3 rings (SSSR count). The first-order valence-corrected chi connectivity index (χ1v) is 6.94. The molecule has 0 amide bonds. The highest BCUT2D eigenvalue weighted by Gasteiger charge is 2.73. The Balaban J connectivity index is 2.22. The van der Waals surface area contributed by atoms with E-state index < -0.39 is 28.7 Å². The van der Waals surface area contributed by atoms with Crippen LogP contribution in [0.15, 0.2) is 18.2 Å². The van der Waals surface area contributed by atoms with E-state index in [-0.39, 0.29) is 18.8 Å². The van der Waals surface area contributed by atoms with Gasteiger partial charge in [0, 0.05) is 17.0 Å². The van der Waals surface area contributed by atoms with Crippen molar-refractivity contribution in [3.63, 3.8) is 0 Å². The van der Waals surface area contributed by atoms with Gasteiger partial charge in [0.1, 0.15) is 11.5 Å². The van der Waals surface area contributed by atoms with Crippen molar-refractivity contribution >= 4 is 0 Å². The van der Waals surface area contributed by atoms with Crippen molar-refractivity contribution in [1.82, 2.24) is 4.90 Å². The zero-order chi connectivity index (χ0) is 17.0. The summed E-state index contributed by atoms with van der Waals surface area (Å²) in [6.45, 7) is -0.178. The molecule has 0 unspecified atom stereocenters. The summed E-state index contributed by atoms with van der Waals surface area (Å²) in [5.41, 5.74) is -1.88. The second-order valence-corrected chi connectivity index (χ2v) is 5.94. The molecule has 9 heteroatoms. The zero-order valence-electron chi connectivity index (χ0n) is 12.5. The number of likely N-dealkylation sites (tertiary alicyclic amines) is 1. The molecule has 0 radical (unpaired) electrons. The zero-order valence-corrected chi connectivity index (χ0v) is 12.5. The standard InChI is InChI=1S/C14H15F3N2O4/c1-18-6-10-9-5-8(22-2)3-4-11(9)23-12(14(15,16)17)13(10,7-18)19(20)21/h3-5,10,12H,6-7H2,1-2H3/t10-,12-,13+/m0/s1. The van der Waals surface area contributed by atoms with Gasteiger partial charge >= 0.3 is 6.18 Å². The third kappa shape index (κ3) is 2.21. The van der Waals surface area contributed by atoms with Gasteiger partial charge in [-0.25, -0.2) is 0 Å². The predicted octanol–water partition coefficient (Wildman–Crippen LogP) is 2.06. The molecule has 0 N–H and O–H groups in total. The number of nitrogens with zero attached hydrogens (tertiary/aromatic N) is 2. The number of fused-ring (bicyclic) bond motifs is 3. The number of rotatable bonds is 2. The number of halogens is 3. The van der Waals surface area contributed by atoms with Crippen LogP contribution in [-0.4, -0.2) is 54.9 Å². The summed E-state index contributed by atoms with van der Waals surface area (Å²) in [6, 6.07) is 4.36. The van der Waals surface area contributed by atoms with Crippen LogP contribution >= 0.6 is 0 Å². The van der Waals surface area contributed by atoms with Crippen LogP contribution in [0.3, 0.4) is 0 Å². The molecular formula is C14H15F3N2O4. The Hall–Kier alpha value is -2.03. The molecule has 0 bridgehead atoms. The monoisotopic (exact) mass is 332 g/mol. The average Bonchev–Trinajstić information content (AvgIpc) is 2.83. The van der Waals surface area contributed by atoms with Crippen molar-refractivity contribution in [1.29, 1.82) is 0 Å². The van der Waals surface area contributed by atoms with Crippen molar-refractivity contribution < 1.29 is 27.6 Å². The molecule has 2 aliphatic rings. The van der Waals surface area contributed by atoms with Gasteiger partial charge in [0.25, 0.3) is 11.6 Å². The lowest BCUT2D eigenvalue weighted by molar-refractivity contribution is -0.591. The molecule has 1 aromatic carbocycles. The molecular weight excluding hydrogens is 317 g/mol. The van der Waals surface area contributed by atoms with Gasteiger partial charge in [0.2, 0.25) is 0 Å². The lowest BCUT2D eigenvalue weighted by Crippen LogP contribution is -2.64. The van der Waals surface area contributed by atoms with Crippen LogP contribution in [0.25, 0.3) is 0 Å². The quantitative estimate of drug-likeness (QED) is 0.613. The van der Waals surface area contributed by atoms with Crippen LogP contribution in [0.2, 0.25) is 0 Å². The summed E-state index contributed by atoms with van der Waals surface area (Å²) < 4.78 is 50.6. The van der Waals surface area contributed by atoms with E-state index in [2.05, 4.69) is 0 Å². The predicted molar refractivity (Wildman–Crippen MR) is 73.4 cm³/mol. The van der Waals surface area contributed by atoms with Crippen molar-refractivity contribution in [3.8, 4) is 11.5 Å². The van der Waals surface area contributed by atoms with Gasteiger partial charge in [-0.15, -0.1) is 0 Å². The minimum Gasteiger partial charge on any atom is -0.497 e. The molecule has 126 valence electrons. The van der Waals surface area contributed by atoms with Gasteiger partial charge in [-0.05, 0) is 25.2 Å². The molecule has 2 aliphatic heterocycles. The SMILES string of the molecule is COc1ccc2c(c1)[C@@H]1CN(C)C[C@]1([N+](=O)[O-])[C@@H](C(F)(F)F)O2. The topological polar surface area (TPSA) is 64.8 Å². The molecule has 0 aromatic heterocycles. The number of likely N-dealkylation sites (N-methyl/N-ethyl adjacent to an activating group) is 1. The first-order chi connectivity index (χ1) is 10.7. The van der Waals surface area contributed by atoms with Crippen molar-refractivity contribution in [2.24, 2.45) is 0 Å². The summed E-state index contributed by atoms with van der Waals surface area (Å²) in [5.74, 6) is -0.483. The number of alkyl halides is 3. The highest BCUT2D eigenvalue weighted by Crippen LogP contribution is 2.52. The average molecular weight is 332 g/mol. The maximum Gasteiger partial charge on any atom is 0.432 e. The third-order valence-corrected chi connectivity index (χ3v) is 4.55. The molecule has 0 spiro atoms. The Morgan fingerprint density at radius 2 is 2.17 bits per heavy atom. The van der Waals surface area contributed by atoms with Crippen LogP contribution in [0.4, 0.5) is 13.2 Å². The van der Waals surface area contributed by atoms with Gasteiger partial charge in [-0.1, -0.05) is 0 Å². The number of ether oxygens (including phenoxy) is 2. The molecule has 1 fully saturated rings. The Morgan fingerprint density at radius 3 is 2.74 bits per heavy atom. The van der Waals surface area contributed by atoms with Gasteiger partial charge in [-0.2, -0.15) is 13.2 Å². The summed E-state index contributed by atoms with van der Waals surface area (Å²) in [4.78, 5) is 12.4. The number of methoxy groups -OCH3 is 1. The van der Waals surface area contributed by atoms with Crippen molar-refractivity contribution in [3.05, 3.63) is 33.9 Å². The maximum absolute atomic E-state index is 13.5. The maximum atomic E-state index is 13.5. The van der Waals surface area contributed by atoms with Gasteiger partial charge in [0.15, 0.2) is 0 Å². The Morgan fingerprint density at radius 1 is 1.48 bits per heavy atom. The Labute approximate surface area is 129 Å². The molecule has 3 atom stereocenters. The van der Waals surface area contributed by atoms with Crippen LogP contribution < -0.4 is 9.47 Å². The summed E-state index contributed by atoms with van der Waals surface area (Å²) in [7, 11) is 2.99. The fraction of sp³-hybridized carbons (Fsp3) is 0.571. The lowest BCUT2D eigenvalue weighted by atomic mass is 9.75. The van der Waals surface area contributed by atoms with E-state index in [1.54, 1.807) is 7.05 Å². The van der Waals surface area contributed by atoms with E-state index in [1.165, 1.54) is 30.2 Å². The summed E-state index contributed by atoms with van der Waals surface area (Å²) in [5, 5.41) is 11.7. The van der Waals surface area contributed by atoms with Crippen LogP contribution in [-0.2, 0) is 0 Å². The second-order valence-electron chi connectivity index (χ2n) is 5.94. The fourth-order valence-corrected chi connectivity index (χ4v) is 3.60. The Kier molecular flexibility index (Phi) is 3.44. The second kappa shape index (κ2) is 4.98.